The van der Waals surface area contributed by atoms with Crippen molar-refractivity contribution in [1.29, 1.82) is 0 Å². The van der Waals surface area contributed by atoms with Crippen LogP contribution in [0.5, 0.6) is 0 Å². The summed E-state index contributed by atoms with van der Waals surface area (Å²) in [5.41, 5.74) is -0.622. The van der Waals surface area contributed by atoms with E-state index in [1.54, 1.807) is 20.8 Å². The van der Waals surface area contributed by atoms with Crippen molar-refractivity contribution in [3.05, 3.63) is 0 Å². The Kier molecular flexibility index (Phi) is 5.17. The first kappa shape index (κ1) is 19.7. The molecule has 0 heterocycles. The van der Waals surface area contributed by atoms with Gasteiger partial charge in [-0.05, 0) is 89.4 Å². The van der Waals surface area contributed by atoms with Crippen molar-refractivity contribution in [2.45, 2.75) is 77.4 Å². The lowest BCUT2D eigenvalue weighted by atomic mass is 9.79. The predicted molar refractivity (Wildman–Crippen MR) is 99.9 cm³/mol. The van der Waals surface area contributed by atoms with Gasteiger partial charge >= 0.3 is 17.9 Å². The zero-order chi connectivity index (χ0) is 20.1. The number of esters is 3. The molecular weight excluding hydrogens is 360 g/mol. The molecule has 0 amide bonds. The van der Waals surface area contributed by atoms with Crippen LogP contribution < -0.4 is 0 Å². The average Bonchev–Trinajstić information content (AvgIpc) is 3.37. The van der Waals surface area contributed by atoms with Gasteiger partial charge in [0.1, 0.15) is 11.7 Å². The topological polar surface area (TPSA) is 78.9 Å². The molecule has 7 unspecified atom stereocenters. The number of carbonyl (C=O) groups excluding carboxylic acids is 3. The van der Waals surface area contributed by atoms with Gasteiger partial charge in [0.15, 0.2) is 6.61 Å². The van der Waals surface area contributed by atoms with Crippen molar-refractivity contribution in [2.75, 3.05) is 6.61 Å². The van der Waals surface area contributed by atoms with Gasteiger partial charge in [-0.3, -0.25) is 9.59 Å². The maximum atomic E-state index is 13.0. The Morgan fingerprint density at radius 1 is 0.821 bits per heavy atom. The summed E-state index contributed by atoms with van der Waals surface area (Å²) in [4.78, 5) is 37.6. The van der Waals surface area contributed by atoms with Crippen molar-refractivity contribution in [3.8, 4) is 0 Å². The second-order valence-corrected chi connectivity index (χ2v) is 10.2. The number of carbonyl (C=O) groups is 3. The molecule has 0 spiro atoms. The molecule has 4 fully saturated rings. The summed E-state index contributed by atoms with van der Waals surface area (Å²) in [5.74, 6) is -0.551. The van der Waals surface area contributed by atoms with E-state index in [0.717, 1.165) is 32.1 Å². The molecule has 4 rings (SSSR count). The third kappa shape index (κ3) is 3.92. The number of rotatable bonds is 5. The van der Waals surface area contributed by atoms with Crippen molar-refractivity contribution in [3.63, 3.8) is 0 Å². The summed E-state index contributed by atoms with van der Waals surface area (Å²) in [7, 11) is 0. The number of ether oxygens (including phenoxy) is 3. The Hall–Kier alpha value is -1.59. The van der Waals surface area contributed by atoms with Crippen LogP contribution in [0.25, 0.3) is 0 Å². The maximum Gasteiger partial charge on any atom is 0.344 e. The molecule has 6 nitrogen and oxygen atoms in total. The van der Waals surface area contributed by atoms with E-state index in [1.165, 1.54) is 12.8 Å². The van der Waals surface area contributed by atoms with Crippen molar-refractivity contribution in [1.82, 2.24) is 0 Å². The van der Waals surface area contributed by atoms with E-state index in [4.69, 9.17) is 14.2 Å². The predicted octanol–water partition coefficient (Wildman–Crippen LogP) is 3.27. The van der Waals surface area contributed by atoms with E-state index in [2.05, 4.69) is 0 Å². The first-order chi connectivity index (χ1) is 13.2. The lowest BCUT2D eigenvalue weighted by Crippen LogP contribution is -2.39. The Bertz CT molecular complexity index is 650. The molecule has 6 heteroatoms. The van der Waals surface area contributed by atoms with E-state index in [9.17, 15) is 14.4 Å². The van der Waals surface area contributed by atoms with E-state index in [-0.39, 0.29) is 23.9 Å². The van der Waals surface area contributed by atoms with Crippen LogP contribution in [0.15, 0.2) is 0 Å². The van der Waals surface area contributed by atoms with Crippen LogP contribution in [0, 0.1) is 35.5 Å². The van der Waals surface area contributed by atoms with E-state index in [1.807, 2.05) is 0 Å². The zero-order valence-electron chi connectivity index (χ0n) is 17.1. The van der Waals surface area contributed by atoms with Crippen molar-refractivity contribution < 1.29 is 28.6 Å². The molecule has 0 aliphatic heterocycles. The number of hydrogen-bond acceptors (Lipinski definition) is 6. The highest BCUT2D eigenvalue weighted by molar-refractivity contribution is 5.85. The molecule has 0 aromatic heterocycles. The molecule has 4 aliphatic rings. The summed E-state index contributed by atoms with van der Waals surface area (Å²) in [6, 6.07) is 0. The molecule has 4 bridgehead atoms. The molecule has 7 atom stereocenters. The Labute approximate surface area is 166 Å². The summed E-state index contributed by atoms with van der Waals surface area (Å²) in [6.45, 7) is 4.90. The van der Waals surface area contributed by atoms with Crippen molar-refractivity contribution in [2.24, 2.45) is 35.5 Å². The first-order valence-electron chi connectivity index (χ1n) is 10.8. The fraction of sp³-hybridized carbons (Fsp3) is 0.864. The summed E-state index contributed by atoms with van der Waals surface area (Å²) in [5, 5.41) is 0. The van der Waals surface area contributed by atoms with Crippen LogP contribution in [-0.2, 0) is 28.6 Å². The lowest BCUT2D eigenvalue weighted by Gasteiger charge is -2.30. The SMILES string of the molecule is CC(C)(C)OC(=O)COC(=O)C1C2CCC(C2)C1C(=O)OC1CC2CCC1C2. The normalized spacial score (nSPS) is 38.5. The van der Waals surface area contributed by atoms with Crippen LogP contribution in [0.4, 0.5) is 0 Å². The first-order valence-corrected chi connectivity index (χ1v) is 10.8. The highest BCUT2D eigenvalue weighted by atomic mass is 16.6. The molecule has 0 saturated heterocycles. The quantitative estimate of drug-likeness (QED) is 0.528. The standard InChI is InChI=1S/C22H32O6/c1-22(2,3)28-17(23)11-26-20(24)18-14-6-7-15(10-14)19(18)21(25)27-16-9-12-4-5-13(16)8-12/h12-16,18-19H,4-11H2,1-3H3. The molecule has 0 aromatic rings. The summed E-state index contributed by atoms with van der Waals surface area (Å²) >= 11 is 0. The van der Waals surface area contributed by atoms with Gasteiger partial charge in [-0.2, -0.15) is 0 Å². The van der Waals surface area contributed by atoms with Gasteiger partial charge in [0.05, 0.1) is 11.8 Å². The highest BCUT2D eigenvalue weighted by Gasteiger charge is 2.56. The molecule has 156 valence electrons. The zero-order valence-corrected chi connectivity index (χ0v) is 17.1. The molecule has 0 radical (unpaired) electrons. The third-order valence-corrected chi connectivity index (χ3v) is 7.15. The van der Waals surface area contributed by atoms with E-state index < -0.39 is 36.0 Å². The Morgan fingerprint density at radius 3 is 2.04 bits per heavy atom. The molecule has 0 N–H and O–H groups in total. The van der Waals surface area contributed by atoms with Gasteiger partial charge in [-0.25, -0.2) is 4.79 Å². The smallest absolute Gasteiger partial charge is 0.344 e. The minimum atomic E-state index is -0.622. The fourth-order valence-electron chi connectivity index (χ4n) is 6.13. The van der Waals surface area contributed by atoms with Crippen LogP contribution in [0.2, 0.25) is 0 Å². The lowest BCUT2D eigenvalue weighted by molar-refractivity contribution is -0.174. The average molecular weight is 392 g/mol. The monoisotopic (exact) mass is 392 g/mol. The van der Waals surface area contributed by atoms with Crippen LogP contribution in [-0.4, -0.2) is 36.2 Å². The van der Waals surface area contributed by atoms with Gasteiger partial charge < -0.3 is 14.2 Å². The van der Waals surface area contributed by atoms with Gasteiger partial charge in [-0.15, -0.1) is 0 Å². The second kappa shape index (κ2) is 7.34. The Morgan fingerprint density at radius 2 is 1.46 bits per heavy atom. The third-order valence-electron chi connectivity index (χ3n) is 7.15. The molecule has 0 aromatic carbocycles. The maximum absolute atomic E-state index is 13.0. The number of hydrogen-bond donors (Lipinski definition) is 0. The molecule has 4 saturated carbocycles. The van der Waals surface area contributed by atoms with E-state index >= 15 is 0 Å². The van der Waals surface area contributed by atoms with Crippen LogP contribution in [0.1, 0.15) is 65.7 Å². The number of fused-ring (bicyclic) bond motifs is 4. The fourth-order valence-corrected chi connectivity index (χ4v) is 6.13. The minimum Gasteiger partial charge on any atom is -0.462 e. The molecular formula is C22H32O6. The summed E-state index contributed by atoms with van der Waals surface area (Å²) in [6.07, 6.45) is 7.38. The second-order valence-electron chi connectivity index (χ2n) is 10.2. The van der Waals surface area contributed by atoms with Crippen molar-refractivity contribution >= 4 is 17.9 Å². The van der Waals surface area contributed by atoms with Crippen LogP contribution in [0.3, 0.4) is 0 Å². The van der Waals surface area contributed by atoms with E-state index in [0.29, 0.717) is 11.8 Å². The van der Waals surface area contributed by atoms with Gasteiger partial charge in [0, 0.05) is 0 Å². The Balaban J connectivity index is 1.36. The van der Waals surface area contributed by atoms with Gasteiger partial charge in [0.25, 0.3) is 0 Å². The minimum absolute atomic E-state index is 0.0313. The summed E-state index contributed by atoms with van der Waals surface area (Å²) < 4.78 is 16.4. The molecule has 4 aliphatic carbocycles. The van der Waals surface area contributed by atoms with Crippen LogP contribution >= 0.6 is 0 Å². The van der Waals surface area contributed by atoms with Gasteiger partial charge in [-0.1, -0.05) is 0 Å². The largest absolute Gasteiger partial charge is 0.462 e. The molecule has 28 heavy (non-hydrogen) atoms. The highest BCUT2D eigenvalue weighted by Crippen LogP contribution is 2.54. The van der Waals surface area contributed by atoms with Gasteiger partial charge in [0.2, 0.25) is 0 Å².